The summed E-state index contributed by atoms with van der Waals surface area (Å²) in [7, 11) is 1.98. The molecular formula is C18H27FN2O. The van der Waals surface area contributed by atoms with Gasteiger partial charge in [-0.3, -0.25) is 4.79 Å². The average Bonchev–Trinajstić information content (AvgIpc) is 2.55. The van der Waals surface area contributed by atoms with Crippen molar-refractivity contribution in [1.82, 2.24) is 10.2 Å². The van der Waals surface area contributed by atoms with Gasteiger partial charge in [-0.15, -0.1) is 0 Å². The van der Waals surface area contributed by atoms with E-state index >= 15 is 0 Å². The summed E-state index contributed by atoms with van der Waals surface area (Å²) in [6.45, 7) is 4.63. The highest BCUT2D eigenvalue weighted by molar-refractivity contribution is 5.78. The molecule has 1 fully saturated rings. The van der Waals surface area contributed by atoms with E-state index in [2.05, 4.69) is 5.32 Å². The summed E-state index contributed by atoms with van der Waals surface area (Å²) in [5.41, 5.74) is 0.632. The molecule has 2 rings (SSSR count). The van der Waals surface area contributed by atoms with Gasteiger partial charge in [0.2, 0.25) is 5.91 Å². The van der Waals surface area contributed by atoms with Crippen molar-refractivity contribution in [2.24, 2.45) is 11.8 Å². The van der Waals surface area contributed by atoms with Crippen molar-refractivity contribution in [2.75, 3.05) is 26.7 Å². The van der Waals surface area contributed by atoms with E-state index < -0.39 is 0 Å². The van der Waals surface area contributed by atoms with E-state index in [4.69, 9.17) is 0 Å². The van der Waals surface area contributed by atoms with Gasteiger partial charge in [0.1, 0.15) is 5.82 Å². The van der Waals surface area contributed by atoms with Crippen LogP contribution in [0.25, 0.3) is 0 Å². The predicted molar refractivity (Wildman–Crippen MR) is 87.1 cm³/mol. The molecule has 1 atom stereocenters. The number of carbonyl (C=O) groups excluding carboxylic acids is 1. The molecule has 122 valence electrons. The normalized spacial score (nSPS) is 17.5. The van der Waals surface area contributed by atoms with Gasteiger partial charge in [0.05, 0.1) is 0 Å². The number of rotatable bonds is 6. The molecule has 22 heavy (non-hydrogen) atoms. The molecular weight excluding hydrogens is 279 g/mol. The van der Waals surface area contributed by atoms with Crippen LogP contribution in [0.4, 0.5) is 4.39 Å². The zero-order valence-electron chi connectivity index (χ0n) is 13.6. The Hall–Kier alpha value is -1.42. The van der Waals surface area contributed by atoms with Gasteiger partial charge in [0.15, 0.2) is 0 Å². The Morgan fingerprint density at radius 2 is 2.05 bits per heavy atom. The highest BCUT2D eigenvalue weighted by Crippen LogP contribution is 2.22. The van der Waals surface area contributed by atoms with Gasteiger partial charge in [-0.2, -0.15) is 0 Å². The standard InChI is InChI=1S/C18H27FN2O/c1-14(13-16-5-3-4-6-17(16)19)18(22)21-11-8-15(9-12-21)7-10-20-2/h3-6,14-15,20H,7-13H2,1-2H3. The molecule has 1 saturated heterocycles. The van der Waals surface area contributed by atoms with Crippen LogP contribution in [0.1, 0.15) is 31.7 Å². The molecule has 0 radical (unpaired) electrons. The molecule has 1 aliphatic rings. The molecule has 0 aliphatic carbocycles. The molecule has 0 saturated carbocycles. The third-order valence-electron chi connectivity index (χ3n) is 4.63. The van der Waals surface area contributed by atoms with E-state index in [0.29, 0.717) is 12.0 Å². The average molecular weight is 306 g/mol. The molecule has 1 aromatic rings. The number of hydrogen-bond donors (Lipinski definition) is 1. The van der Waals surface area contributed by atoms with Crippen LogP contribution in [-0.2, 0) is 11.2 Å². The van der Waals surface area contributed by atoms with E-state index in [1.807, 2.05) is 24.9 Å². The largest absolute Gasteiger partial charge is 0.342 e. The monoisotopic (exact) mass is 306 g/mol. The molecule has 1 heterocycles. The Morgan fingerprint density at radius 3 is 2.68 bits per heavy atom. The van der Waals surface area contributed by atoms with Crippen LogP contribution in [0.3, 0.4) is 0 Å². The van der Waals surface area contributed by atoms with E-state index in [0.717, 1.165) is 38.4 Å². The second kappa shape index (κ2) is 8.28. The molecule has 1 aromatic carbocycles. The lowest BCUT2D eigenvalue weighted by Crippen LogP contribution is -2.42. The number of nitrogens with zero attached hydrogens (tertiary/aromatic N) is 1. The minimum Gasteiger partial charge on any atom is -0.342 e. The Kier molecular flexibility index (Phi) is 6.37. The number of carbonyl (C=O) groups is 1. The molecule has 0 aromatic heterocycles. The van der Waals surface area contributed by atoms with Gasteiger partial charge in [0.25, 0.3) is 0 Å². The first-order valence-corrected chi connectivity index (χ1v) is 8.28. The molecule has 3 nitrogen and oxygen atoms in total. The minimum absolute atomic E-state index is 0.161. The number of amides is 1. The maximum atomic E-state index is 13.7. The van der Waals surface area contributed by atoms with Crippen LogP contribution in [0.2, 0.25) is 0 Å². The minimum atomic E-state index is -0.215. The van der Waals surface area contributed by atoms with Gasteiger partial charge in [-0.25, -0.2) is 4.39 Å². The third-order valence-corrected chi connectivity index (χ3v) is 4.63. The van der Waals surface area contributed by atoms with E-state index in [-0.39, 0.29) is 17.6 Å². The summed E-state index contributed by atoms with van der Waals surface area (Å²) in [4.78, 5) is 14.5. The van der Waals surface area contributed by atoms with Gasteiger partial charge in [-0.1, -0.05) is 25.1 Å². The number of nitrogens with one attached hydrogen (secondary N) is 1. The van der Waals surface area contributed by atoms with Crippen LogP contribution in [0.15, 0.2) is 24.3 Å². The smallest absolute Gasteiger partial charge is 0.225 e. The molecule has 4 heteroatoms. The molecule has 1 amide bonds. The summed E-state index contributed by atoms with van der Waals surface area (Å²) < 4.78 is 13.7. The quantitative estimate of drug-likeness (QED) is 0.876. The van der Waals surface area contributed by atoms with Crippen molar-refractivity contribution in [1.29, 1.82) is 0 Å². The lowest BCUT2D eigenvalue weighted by atomic mass is 9.92. The summed E-state index contributed by atoms with van der Waals surface area (Å²) in [5.74, 6) is 0.507. The van der Waals surface area contributed by atoms with Crippen molar-refractivity contribution in [3.05, 3.63) is 35.6 Å². The molecule has 1 N–H and O–H groups in total. The first-order chi connectivity index (χ1) is 10.6. The topological polar surface area (TPSA) is 32.3 Å². The Morgan fingerprint density at radius 1 is 1.36 bits per heavy atom. The van der Waals surface area contributed by atoms with Crippen LogP contribution in [0, 0.1) is 17.7 Å². The van der Waals surface area contributed by atoms with Crippen molar-refractivity contribution < 1.29 is 9.18 Å². The van der Waals surface area contributed by atoms with Crippen molar-refractivity contribution in [3.8, 4) is 0 Å². The molecule has 1 unspecified atom stereocenters. The Balaban J connectivity index is 1.83. The van der Waals surface area contributed by atoms with Crippen LogP contribution in [0.5, 0.6) is 0 Å². The van der Waals surface area contributed by atoms with Gasteiger partial charge in [-0.05, 0) is 56.8 Å². The summed E-state index contributed by atoms with van der Waals surface area (Å²) in [6, 6.07) is 6.73. The second-order valence-electron chi connectivity index (χ2n) is 6.36. The lowest BCUT2D eigenvalue weighted by Gasteiger charge is -2.33. The highest BCUT2D eigenvalue weighted by atomic mass is 19.1. The predicted octanol–water partition coefficient (Wildman–Crippen LogP) is 2.85. The fourth-order valence-corrected chi connectivity index (χ4v) is 3.18. The van der Waals surface area contributed by atoms with Gasteiger partial charge >= 0.3 is 0 Å². The summed E-state index contributed by atoms with van der Waals surface area (Å²) in [5, 5.41) is 3.18. The van der Waals surface area contributed by atoms with Crippen LogP contribution >= 0.6 is 0 Å². The van der Waals surface area contributed by atoms with Crippen molar-refractivity contribution in [3.63, 3.8) is 0 Å². The molecule has 0 bridgehead atoms. The summed E-state index contributed by atoms with van der Waals surface area (Å²) >= 11 is 0. The number of piperidine rings is 1. The van der Waals surface area contributed by atoms with E-state index in [1.54, 1.807) is 12.1 Å². The Labute approximate surface area is 132 Å². The van der Waals surface area contributed by atoms with Crippen LogP contribution in [-0.4, -0.2) is 37.5 Å². The number of hydrogen-bond acceptors (Lipinski definition) is 2. The fourth-order valence-electron chi connectivity index (χ4n) is 3.18. The van der Waals surface area contributed by atoms with Gasteiger partial charge in [0, 0.05) is 19.0 Å². The van der Waals surface area contributed by atoms with E-state index in [1.165, 1.54) is 12.5 Å². The zero-order chi connectivity index (χ0) is 15.9. The first kappa shape index (κ1) is 16.9. The Bertz CT molecular complexity index is 484. The maximum Gasteiger partial charge on any atom is 0.225 e. The maximum absolute atomic E-state index is 13.7. The number of halogens is 1. The SMILES string of the molecule is CNCCC1CCN(C(=O)C(C)Cc2ccccc2F)CC1. The van der Waals surface area contributed by atoms with Crippen molar-refractivity contribution >= 4 is 5.91 Å². The third kappa shape index (κ3) is 4.54. The second-order valence-corrected chi connectivity index (χ2v) is 6.36. The molecule has 1 aliphatic heterocycles. The first-order valence-electron chi connectivity index (χ1n) is 8.28. The molecule has 0 spiro atoms. The zero-order valence-corrected chi connectivity index (χ0v) is 13.6. The van der Waals surface area contributed by atoms with Crippen molar-refractivity contribution in [2.45, 2.75) is 32.6 Å². The number of likely N-dealkylation sites (tertiary alicyclic amines) is 1. The fraction of sp³-hybridized carbons (Fsp3) is 0.611. The van der Waals surface area contributed by atoms with Crippen LogP contribution < -0.4 is 5.32 Å². The lowest BCUT2D eigenvalue weighted by molar-refractivity contribution is -0.136. The van der Waals surface area contributed by atoms with E-state index in [9.17, 15) is 9.18 Å². The summed E-state index contributed by atoms with van der Waals surface area (Å²) in [6.07, 6.45) is 3.83. The highest BCUT2D eigenvalue weighted by Gasteiger charge is 2.26. The number of benzene rings is 1. The van der Waals surface area contributed by atoms with Gasteiger partial charge < -0.3 is 10.2 Å².